The Kier molecular flexibility index (Phi) is 11.3. The third-order valence-electron chi connectivity index (χ3n) is 11.3. The van der Waals surface area contributed by atoms with Crippen molar-refractivity contribution in [2.75, 3.05) is 6.54 Å². The van der Waals surface area contributed by atoms with Crippen LogP contribution in [0.4, 0.5) is 0 Å². The van der Waals surface area contributed by atoms with Crippen molar-refractivity contribution < 1.29 is 5.11 Å². The molecule has 284 valence electrons. The van der Waals surface area contributed by atoms with Gasteiger partial charge in [-0.15, -0.1) is 0 Å². The van der Waals surface area contributed by atoms with Crippen molar-refractivity contribution in [1.82, 2.24) is 9.13 Å². The van der Waals surface area contributed by atoms with E-state index >= 15 is 9.59 Å². The van der Waals surface area contributed by atoms with Crippen LogP contribution >= 0.6 is 15.9 Å². The second-order valence-electron chi connectivity index (χ2n) is 16.2. The number of halogens is 1. The van der Waals surface area contributed by atoms with Crippen LogP contribution < -0.4 is 22.0 Å². The molecule has 0 bridgehead atoms. The molecule has 0 saturated carbocycles. The van der Waals surface area contributed by atoms with Crippen molar-refractivity contribution in [3.63, 3.8) is 0 Å². The van der Waals surface area contributed by atoms with Crippen molar-refractivity contribution >= 4 is 37.5 Å². The van der Waals surface area contributed by atoms with Crippen LogP contribution in [0.15, 0.2) is 72.4 Å². The van der Waals surface area contributed by atoms with E-state index in [2.05, 4.69) is 85.2 Å². The van der Waals surface area contributed by atoms with Crippen molar-refractivity contribution in [3.8, 4) is 28.4 Å². The molecule has 1 aliphatic heterocycles. The lowest BCUT2D eigenvalue weighted by Crippen LogP contribution is -2.37. The minimum Gasteiger partial charge on any atom is -0.494 e. The number of benzene rings is 4. The molecule has 1 N–H and O–H groups in total. The van der Waals surface area contributed by atoms with Gasteiger partial charge in [0, 0.05) is 27.4 Å². The number of aromatic hydroxyl groups is 1. The standard InChI is InChI=1S/C46H54BrN3O4/c1-11-13-16-28(12-2)23-48-36-22-34-37-38-33(43(51)50(46(54)40(36)38)42-31(26(7)8)19-15-20-32(42)27(9)10)21-35(47)39(37)45(53)49(44(34)52)41-29(24(3)4)17-14-18-30(41)25(5)6/h14-15,17-22,24-28,51H,11-13,16,23H2,1-10H3. The van der Waals surface area contributed by atoms with Gasteiger partial charge in [-0.3, -0.25) is 19.4 Å². The van der Waals surface area contributed by atoms with Crippen molar-refractivity contribution in [1.29, 1.82) is 0 Å². The minimum atomic E-state index is -0.469. The molecule has 7 nitrogen and oxygen atoms in total. The number of hydrogen-bond acceptors (Lipinski definition) is 5. The molecular weight excluding hydrogens is 738 g/mol. The van der Waals surface area contributed by atoms with Crippen LogP contribution in [0.5, 0.6) is 5.88 Å². The molecule has 0 fully saturated rings. The topological polar surface area (TPSA) is 93.7 Å². The second-order valence-corrected chi connectivity index (χ2v) is 17.1. The van der Waals surface area contributed by atoms with E-state index in [9.17, 15) is 9.90 Å². The molecule has 6 rings (SSSR count). The summed E-state index contributed by atoms with van der Waals surface area (Å²) in [6.07, 6.45) is 4.09. The molecule has 3 aromatic carbocycles. The van der Waals surface area contributed by atoms with E-state index in [0.717, 1.165) is 47.9 Å². The number of aromatic nitrogens is 2. The molecule has 1 aliphatic carbocycles. The zero-order valence-electron chi connectivity index (χ0n) is 33.4. The fourth-order valence-electron chi connectivity index (χ4n) is 8.23. The summed E-state index contributed by atoms with van der Waals surface area (Å²) < 4.78 is 3.21. The predicted octanol–water partition coefficient (Wildman–Crippen LogP) is 10.7. The molecule has 8 heteroatoms. The molecule has 0 radical (unpaired) electrons. The zero-order chi connectivity index (χ0) is 39.3. The van der Waals surface area contributed by atoms with Gasteiger partial charge in [0.2, 0.25) is 5.88 Å². The summed E-state index contributed by atoms with van der Waals surface area (Å²) in [5.74, 6) is 0.260. The van der Waals surface area contributed by atoms with Crippen molar-refractivity contribution in [2.24, 2.45) is 10.9 Å². The molecule has 4 aromatic rings. The van der Waals surface area contributed by atoms with Gasteiger partial charge in [-0.05, 0) is 86.3 Å². The third-order valence-corrected chi connectivity index (χ3v) is 11.9. The lowest BCUT2D eigenvalue weighted by Gasteiger charge is -2.25. The Labute approximate surface area is 326 Å². The third kappa shape index (κ3) is 6.48. The Morgan fingerprint density at radius 1 is 0.685 bits per heavy atom. The maximum absolute atomic E-state index is 15.3. The fraction of sp³-hybridized carbons (Fsp3) is 0.435. The van der Waals surface area contributed by atoms with E-state index in [1.54, 1.807) is 12.1 Å². The van der Waals surface area contributed by atoms with E-state index in [1.807, 2.05) is 36.4 Å². The highest BCUT2D eigenvalue weighted by molar-refractivity contribution is 9.10. The molecule has 2 aliphatic rings. The van der Waals surface area contributed by atoms with Gasteiger partial charge in [0.1, 0.15) is 0 Å². The minimum absolute atomic E-state index is 0.0405. The summed E-state index contributed by atoms with van der Waals surface area (Å²) >= 11 is 3.73. The maximum Gasteiger partial charge on any atom is 0.268 e. The summed E-state index contributed by atoms with van der Waals surface area (Å²) in [5, 5.41) is 14.1. The van der Waals surface area contributed by atoms with Crippen LogP contribution in [0.2, 0.25) is 0 Å². The molecular formula is C46H54BrN3O4. The van der Waals surface area contributed by atoms with Crippen LogP contribution in [0, 0.1) is 5.92 Å². The highest BCUT2D eigenvalue weighted by atomic mass is 79.9. The number of nitrogens with zero attached hydrogens (tertiary/aromatic N) is 3. The summed E-state index contributed by atoms with van der Waals surface area (Å²) in [5.41, 5.74) is 4.24. The molecule has 0 amide bonds. The second kappa shape index (κ2) is 15.4. The van der Waals surface area contributed by atoms with Gasteiger partial charge in [0.15, 0.2) is 0 Å². The lowest BCUT2D eigenvalue weighted by molar-refractivity contribution is 0.442. The molecule has 2 heterocycles. The normalized spacial score (nSPS) is 13.4. The largest absolute Gasteiger partial charge is 0.494 e. The SMILES string of the molecule is CCCCC(CC)CN=c1cc2c(=O)n(-c3c(C(C)C)cccc3C(C)C)c(=O)c3c(Br)cc4c(O)n(-c5c(C(C)C)cccc5C(C)C)c(=O)c1c4c3-2. The van der Waals surface area contributed by atoms with E-state index < -0.39 is 16.7 Å². The van der Waals surface area contributed by atoms with Gasteiger partial charge >= 0.3 is 0 Å². The molecule has 0 saturated heterocycles. The first-order valence-electron chi connectivity index (χ1n) is 19.7. The lowest BCUT2D eigenvalue weighted by atomic mass is 9.88. The molecule has 1 unspecified atom stereocenters. The number of hydrogen-bond donors (Lipinski definition) is 1. The average molecular weight is 793 g/mol. The molecule has 0 spiro atoms. The summed E-state index contributed by atoms with van der Waals surface area (Å²) in [7, 11) is 0. The first kappa shape index (κ1) is 39.4. The quantitative estimate of drug-likeness (QED) is 0.125. The molecule has 1 aromatic heterocycles. The Morgan fingerprint density at radius 3 is 1.67 bits per heavy atom. The first-order chi connectivity index (χ1) is 25.7. The zero-order valence-corrected chi connectivity index (χ0v) is 35.0. The van der Waals surface area contributed by atoms with Gasteiger partial charge in [-0.2, -0.15) is 0 Å². The summed E-state index contributed by atoms with van der Waals surface area (Å²) in [6, 6.07) is 15.4. The van der Waals surface area contributed by atoms with Gasteiger partial charge < -0.3 is 5.11 Å². The monoisotopic (exact) mass is 791 g/mol. The number of unbranched alkanes of at least 4 members (excludes halogenated alkanes) is 1. The Hall–Kier alpha value is -4.30. The smallest absolute Gasteiger partial charge is 0.268 e. The first-order valence-corrected chi connectivity index (χ1v) is 20.5. The number of pyridine rings is 2. The number of rotatable bonds is 12. The van der Waals surface area contributed by atoms with Crippen LogP contribution in [-0.2, 0) is 0 Å². The predicted molar refractivity (Wildman–Crippen MR) is 227 cm³/mol. The summed E-state index contributed by atoms with van der Waals surface area (Å²) in [4.78, 5) is 50.4. The highest BCUT2D eigenvalue weighted by Gasteiger charge is 2.32. The fourth-order valence-corrected chi connectivity index (χ4v) is 8.83. The van der Waals surface area contributed by atoms with E-state index in [1.165, 1.54) is 9.13 Å². The maximum atomic E-state index is 15.3. The van der Waals surface area contributed by atoms with Crippen LogP contribution in [0.3, 0.4) is 0 Å². The Bertz CT molecular complexity index is 2510. The van der Waals surface area contributed by atoms with Crippen LogP contribution in [-0.4, -0.2) is 20.8 Å². The Balaban J connectivity index is 1.88. The van der Waals surface area contributed by atoms with E-state index in [-0.39, 0.29) is 29.6 Å². The van der Waals surface area contributed by atoms with Gasteiger partial charge in [-0.25, -0.2) is 9.13 Å². The molecule has 1 atom stereocenters. The Morgan fingerprint density at radius 2 is 1.19 bits per heavy atom. The van der Waals surface area contributed by atoms with Crippen molar-refractivity contribution in [3.05, 3.63) is 112 Å². The summed E-state index contributed by atoms with van der Waals surface area (Å²) in [6.45, 7) is 21.4. The van der Waals surface area contributed by atoms with Gasteiger partial charge in [-0.1, -0.05) is 125 Å². The van der Waals surface area contributed by atoms with Gasteiger partial charge in [0.25, 0.3) is 16.7 Å². The van der Waals surface area contributed by atoms with E-state index in [4.69, 9.17) is 4.99 Å². The number of para-hydroxylation sites is 2. The van der Waals surface area contributed by atoms with Crippen molar-refractivity contribution in [2.45, 2.75) is 119 Å². The van der Waals surface area contributed by atoms with Crippen LogP contribution in [0.1, 0.15) is 141 Å². The van der Waals surface area contributed by atoms with Crippen LogP contribution in [0.25, 0.3) is 44.0 Å². The van der Waals surface area contributed by atoms with Gasteiger partial charge in [0.05, 0.1) is 33.1 Å². The highest BCUT2D eigenvalue weighted by Crippen LogP contribution is 2.43. The molecule has 54 heavy (non-hydrogen) atoms. The van der Waals surface area contributed by atoms with E-state index in [0.29, 0.717) is 66.3 Å². The average Bonchev–Trinajstić information content (AvgIpc) is 3.13.